The zero-order valence-electron chi connectivity index (χ0n) is 24.2. The molecule has 6 heteroatoms. The van der Waals surface area contributed by atoms with Crippen LogP contribution in [0.4, 0.5) is 11.4 Å². The Morgan fingerprint density at radius 1 is 0.767 bits per heavy atom. The molecule has 0 radical (unpaired) electrons. The highest BCUT2D eigenvalue weighted by Crippen LogP contribution is 2.40. The minimum Gasteiger partial charge on any atom is -0.372 e. The van der Waals surface area contributed by atoms with Crippen molar-refractivity contribution in [2.45, 2.75) is 19.9 Å². The second-order valence-electron chi connectivity index (χ2n) is 11.0. The maximum Gasteiger partial charge on any atom is 0.264 e. The number of imidazole rings is 1. The zero-order chi connectivity index (χ0) is 29.1. The molecule has 0 fully saturated rings. The van der Waals surface area contributed by atoms with Crippen LogP contribution < -0.4 is 20.9 Å². The number of nitrogens with zero attached hydrogens (tertiary/aromatic N) is 4. The van der Waals surface area contributed by atoms with Crippen LogP contribution >= 0.6 is 0 Å². The number of aromatic nitrogens is 2. The number of hydrogen-bond acceptors (Lipinski definition) is 5. The van der Waals surface area contributed by atoms with E-state index in [9.17, 15) is 4.79 Å². The van der Waals surface area contributed by atoms with Gasteiger partial charge in [-0.05, 0) is 73.3 Å². The molecule has 0 spiro atoms. The minimum absolute atomic E-state index is 0.0161. The molecule has 6 nitrogen and oxygen atoms in total. The minimum atomic E-state index is -0.0384. The Labute approximate surface area is 249 Å². The molecule has 1 atom stereocenters. The average molecular weight is 562 g/mol. The molecular weight excluding hydrogens is 530 g/mol. The Balaban J connectivity index is 1.32. The molecule has 0 saturated heterocycles. The monoisotopic (exact) mass is 561 g/mol. The predicted molar refractivity (Wildman–Crippen MR) is 178 cm³/mol. The molecule has 43 heavy (non-hydrogen) atoms. The summed E-state index contributed by atoms with van der Waals surface area (Å²) in [7, 11) is 0. The maximum atomic E-state index is 13.9. The number of benzene rings is 5. The molecule has 1 unspecified atom stereocenters. The van der Waals surface area contributed by atoms with Crippen molar-refractivity contribution in [2.75, 3.05) is 23.0 Å². The van der Waals surface area contributed by atoms with Gasteiger partial charge in [-0.15, -0.1) is 0 Å². The highest BCUT2D eigenvalue weighted by Gasteiger charge is 2.28. The summed E-state index contributed by atoms with van der Waals surface area (Å²) in [5, 5.41) is 5.84. The fraction of sp³-hybridized carbons (Fsp3) is 0.135. The van der Waals surface area contributed by atoms with E-state index in [0.717, 1.165) is 57.2 Å². The van der Waals surface area contributed by atoms with E-state index < -0.39 is 0 Å². The smallest absolute Gasteiger partial charge is 0.264 e. The third-order valence-electron chi connectivity index (χ3n) is 8.78. The number of pyridine rings is 1. The van der Waals surface area contributed by atoms with Gasteiger partial charge in [0.1, 0.15) is 5.65 Å². The van der Waals surface area contributed by atoms with Crippen LogP contribution in [0.2, 0.25) is 0 Å². The molecule has 8 rings (SSSR count). The van der Waals surface area contributed by atoms with Gasteiger partial charge in [0.05, 0.1) is 28.5 Å². The van der Waals surface area contributed by atoms with E-state index in [1.165, 1.54) is 11.3 Å². The molecule has 0 amide bonds. The number of hydrogen-bond donors (Lipinski definition) is 1. The van der Waals surface area contributed by atoms with E-state index in [0.29, 0.717) is 11.0 Å². The highest BCUT2D eigenvalue weighted by atomic mass is 16.1. The quantitative estimate of drug-likeness (QED) is 0.227. The third-order valence-corrected chi connectivity index (χ3v) is 8.78. The maximum absolute atomic E-state index is 13.9. The average Bonchev–Trinajstić information content (AvgIpc) is 3.68. The Kier molecular flexibility index (Phi) is 5.91. The first-order chi connectivity index (χ1) is 21.2. The number of fused-ring (bicyclic) bond motifs is 4. The molecular formula is C37H31N5O. The van der Waals surface area contributed by atoms with E-state index in [4.69, 9.17) is 4.98 Å². The van der Waals surface area contributed by atoms with Gasteiger partial charge in [-0.2, -0.15) is 0 Å². The topological polar surface area (TPSA) is 52.9 Å². The Morgan fingerprint density at radius 3 is 2.30 bits per heavy atom. The lowest BCUT2D eigenvalue weighted by molar-refractivity contribution is 0.674. The van der Waals surface area contributed by atoms with Crippen molar-refractivity contribution >= 4 is 55.3 Å². The van der Waals surface area contributed by atoms with Crippen molar-refractivity contribution in [3.63, 3.8) is 0 Å². The van der Waals surface area contributed by atoms with Crippen LogP contribution in [0.1, 0.15) is 31.0 Å². The van der Waals surface area contributed by atoms with E-state index >= 15 is 0 Å². The summed E-state index contributed by atoms with van der Waals surface area (Å²) in [4.78, 5) is 21.2. The lowest BCUT2D eigenvalue weighted by Gasteiger charge is -2.26. The second kappa shape index (κ2) is 9.96. The van der Waals surface area contributed by atoms with Gasteiger partial charge in [0, 0.05) is 40.5 Å². The summed E-state index contributed by atoms with van der Waals surface area (Å²) in [6.07, 6.45) is 2.30. The van der Waals surface area contributed by atoms with Gasteiger partial charge in [0.2, 0.25) is 0 Å². The molecule has 5 aromatic carbocycles. The van der Waals surface area contributed by atoms with Gasteiger partial charge in [-0.25, -0.2) is 10.4 Å². The molecule has 210 valence electrons. The van der Waals surface area contributed by atoms with Crippen LogP contribution in [-0.4, -0.2) is 22.5 Å². The number of hydrazine groups is 1. The molecule has 2 aromatic heterocycles. The summed E-state index contributed by atoms with van der Waals surface area (Å²) >= 11 is 0. The van der Waals surface area contributed by atoms with Crippen molar-refractivity contribution in [2.24, 2.45) is 0 Å². The summed E-state index contributed by atoms with van der Waals surface area (Å²) in [5.74, 6) is 0. The fourth-order valence-corrected chi connectivity index (χ4v) is 6.66. The predicted octanol–water partition coefficient (Wildman–Crippen LogP) is 7.55. The van der Waals surface area contributed by atoms with Gasteiger partial charge in [-0.1, -0.05) is 66.7 Å². The molecule has 0 bridgehead atoms. The number of anilines is 2. The first kappa shape index (κ1) is 25.5. The molecule has 1 aliphatic rings. The zero-order valence-corrected chi connectivity index (χ0v) is 24.2. The highest BCUT2D eigenvalue weighted by molar-refractivity contribution is 6.18. The second-order valence-corrected chi connectivity index (χ2v) is 11.0. The molecule has 0 aliphatic carbocycles. The fourth-order valence-electron chi connectivity index (χ4n) is 6.66. The lowest BCUT2D eigenvalue weighted by atomic mass is 9.95. The molecule has 7 aromatic rings. The molecule has 3 heterocycles. The number of rotatable bonds is 6. The van der Waals surface area contributed by atoms with Crippen LogP contribution in [-0.2, 0) is 0 Å². The van der Waals surface area contributed by atoms with Crippen molar-refractivity contribution in [3.8, 4) is 0 Å². The van der Waals surface area contributed by atoms with Gasteiger partial charge in [-0.3, -0.25) is 14.2 Å². The normalized spacial score (nSPS) is 15.3. The van der Waals surface area contributed by atoms with E-state index in [-0.39, 0.29) is 11.6 Å². The van der Waals surface area contributed by atoms with Crippen LogP contribution in [0.15, 0.2) is 120 Å². The first-order valence-electron chi connectivity index (χ1n) is 14.9. The van der Waals surface area contributed by atoms with Crippen LogP contribution in [0, 0.1) is 0 Å². The van der Waals surface area contributed by atoms with Crippen molar-refractivity contribution in [1.82, 2.24) is 14.8 Å². The summed E-state index contributed by atoms with van der Waals surface area (Å²) in [5.41, 5.74) is 11.7. The Bertz CT molecular complexity index is 2220. The Hall–Kier alpha value is -5.20. The lowest BCUT2D eigenvalue weighted by Crippen LogP contribution is -2.33. The van der Waals surface area contributed by atoms with Crippen molar-refractivity contribution in [3.05, 3.63) is 137 Å². The van der Waals surface area contributed by atoms with Gasteiger partial charge < -0.3 is 4.90 Å². The van der Waals surface area contributed by atoms with Crippen LogP contribution in [0.25, 0.3) is 43.9 Å². The summed E-state index contributed by atoms with van der Waals surface area (Å²) in [6.45, 7) is 6.33. The summed E-state index contributed by atoms with van der Waals surface area (Å²) in [6, 6.07) is 37.4. The van der Waals surface area contributed by atoms with Gasteiger partial charge in [0.15, 0.2) is 0 Å². The number of nitrogens with one attached hydrogen (secondary N) is 1. The molecule has 1 aliphatic heterocycles. The SMILES string of the molecule is CCN(CC)c1ccc(C2C=C(c3ccc4c(=O)n5c6ccccc6nc5c5cccc3c45)N(c3ccccc3)N2)cc1. The van der Waals surface area contributed by atoms with E-state index in [2.05, 4.69) is 108 Å². The van der Waals surface area contributed by atoms with Crippen molar-refractivity contribution in [1.29, 1.82) is 0 Å². The van der Waals surface area contributed by atoms with Crippen molar-refractivity contribution < 1.29 is 0 Å². The third kappa shape index (κ3) is 3.91. The first-order valence-corrected chi connectivity index (χ1v) is 14.9. The summed E-state index contributed by atoms with van der Waals surface area (Å²) < 4.78 is 1.76. The van der Waals surface area contributed by atoms with Gasteiger partial charge in [0.25, 0.3) is 5.56 Å². The standard InChI is InChI=1S/C37H31N5O/c1-3-40(4-2)25-19-17-24(18-20-25)32-23-34(42(39-32)26-11-6-5-7-12-26)27-21-22-30-35-28(27)13-10-14-29(35)36-38-31-15-8-9-16-33(31)41(36)37(30)43/h5-23,32,39H,3-4H2,1-2H3. The van der Waals surface area contributed by atoms with E-state index in [1.807, 2.05) is 36.4 Å². The largest absolute Gasteiger partial charge is 0.372 e. The Morgan fingerprint density at radius 2 is 1.51 bits per heavy atom. The van der Waals surface area contributed by atoms with Gasteiger partial charge >= 0.3 is 0 Å². The molecule has 0 saturated carbocycles. The van der Waals surface area contributed by atoms with Crippen LogP contribution in [0.5, 0.6) is 0 Å². The number of para-hydroxylation sites is 3. The molecule has 1 N–H and O–H groups in total. The van der Waals surface area contributed by atoms with Crippen LogP contribution in [0.3, 0.4) is 0 Å². The van der Waals surface area contributed by atoms with E-state index in [1.54, 1.807) is 4.40 Å².